The van der Waals surface area contributed by atoms with Gasteiger partial charge >= 0.3 is 12.1 Å². The normalized spacial score (nSPS) is 13.7. The lowest BCUT2D eigenvalue weighted by Gasteiger charge is -2.31. The standard InChI is InChI=1S/C17H19N7.C2HF3O2/c1-23(12-13-7-19-8-13)17-11-20-15(10-21-17)16-4-6-22-24(16)14-3-2-5-18-9-14;3-2(4,5)1(6)7/h2-6,9-11,13,19H,7-8,12H2,1H3;(H,6,7). The summed E-state index contributed by atoms with van der Waals surface area (Å²) in [5.41, 5.74) is 2.59. The van der Waals surface area contributed by atoms with Crippen molar-refractivity contribution in [2.24, 2.45) is 5.92 Å². The molecule has 164 valence electrons. The Kier molecular flexibility index (Phi) is 6.80. The molecule has 3 aromatic heterocycles. The molecule has 1 aliphatic heterocycles. The fourth-order valence-electron chi connectivity index (χ4n) is 2.79. The SMILES string of the molecule is CN(CC1CNC1)c1cnc(-c2ccnn2-c2cccnc2)cn1.O=C(O)C(F)(F)F. The highest BCUT2D eigenvalue weighted by molar-refractivity contribution is 5.73. The van der Waals surface area contributed by atoms with Crippen LogP contribution in [0, 0.1) is 5.92 Å². The average molecular weight is 435 g/mol. The highest BCUT2D eigenvalue weighted by atomic mass is 19.4. The number of nitrogens with zero attached hydrogens (tertiary/aromatic N) is 6. The zero-order valence-corrected chi connectivity index (χ0v) is 16.5. The molecule has 0 aromatic carbocycles. The molecule has 0 aliphatic carbocycles. The summed E-state index contributed by atoms with van der Waals surface area (Å²) >= 11 is 0. The molecule has 1 aliphatic rings. The van der Waals surface area contributed by atoms with Crippen LogP contribution in [0.15, 0.2) is 49.2 Å². The predicted octanol–water partition coefficient (Wildman–Crippen LogP) is 2.01. The maximum atomic E-state index is 10.6. The van der Waals surface area contributed by atoms with Crippen molar-refractivity contribution >= 4 is 11.8 Å². The van der Waals surface area contributed by atoms with E-state index in [1.165, 1.54) is 0 Å². The lowest BCUT2D eigenvalue weighted by atomic mass is 10.0. The van der Waals surface area contributed by atoms with Gasteiger partial charge in [-0.25, -0.2) is 19.4 Å². The second kappa shape index (κ2) is 9.51. The number of alkyl halides is 3. The number of anilines is 1. The van der Waals surface area contributed by atoms with E-state index >= 15 is 0 Å². The van der Waals surface area contributed by atoms with Gasteiger partial charge in [-0.15, -0.1) is 0 Å². The number of rotatable bonds is 5. The zero-order valence-electron chi connectivity index (χ0n) is 16.5. The number of nitrogens with one attached hydrogen (secondary N) is 1. The van der Waals surface area contributed by atoms with Gasteiger partial charge in [0.15, 0.2) is 0 Å². The van der Waals surface area contributed by atoms with E-state index in [1.54, 1.807) is 24.8 Å². The van der Waals surface area contributed by atoms with Crippen molar-refractivity contribution in [1.82, 2.24) is 30.0 Å². The van der Waals surface area contributed by atoms with E-state index in [-0.39, 0.29) is 0 Å². The summed E-state index contributed by atoms with van der Waals surface area (Å²) in [7, 11) is 2.06. The molecule has 0 spiro atoms. The molecule has 0 unspecified atom stereocenters. The first-order chi connectivity index (χ1) is 14.8. The molecule has 12 heteroatoms. The van der Waals surface area contributed by atoms with Crippen LogP contribution in [0.4, 0.5) is 19.0 Å². The average Bonchev–Trinajstić information content (AvgIpc) is 3.21. The minimum atomic E-state index is -5.08. The molecular formula is C19H20F3N7O2. The molecule has 4 rings (SSSR count). The molecule has 0 radical (unpaired) electrons. The van der Waals surface area contributed by atoms with Crippen LogP contribution in [0.2, 0.25) is 0 Å². The minimum Gasteiger partial charge on any atom is -0.475 e. The first-order valence-corrected chi connectivity index (χ1v) is 9.24. The number of halogens is 3. The Morgan fingerprint density at radius 3 is 2.48 bits per heavy atom. The summed E-state index contributed by atoms with van der Waals surface area (Å²) < 4.78 is 33.6. The van der Waals surface area contributed by atoms with E-state index in [0.717, 1.165) is 42.5 Å². The highest BCUT2D eigenvalue weighted by Crippen LogP contribution is 2.21. The summed E-state index contributed by atoms with van der Waals surface area (Å²) in [6, 6.07) is 5.78. The lowest BCUT2D eigenvalue weighted by Crippen LogP contribution is -2.47. The first kappa shape index (κ1) is 22.2. The number of hydrogen-bond acceptors (Lipinski definition) is 7. The molecule has 2 N–H and O–H groups in total. The van der Waals surface area contributed by atoms with E-state index in [2.05, 4.69) is 37.3 Å². The summed E-state index contributed by atoms with van der Waals surface area (Å²) in [4.78, 5) is 24.3. The van der Waals surface area contributed by atoms with Crippen LogP contribution in [0.5, 0.6) is 0 Å². The van der Waals surface area contributed by atoms with Crippen LogP contribution < -0.4 is 10.2 Å². The molecular weight excluding hydrogens is 415 g/mol. The van der Waals surface area contributed by atoms with Crippen molar-refractivity contribution in [3.63, 3.8) is 0 Å². The fraction of sp³-hybridized carbons (Fsp3) is 0.316. The van der Waals surface area contributed by atoms with Crippen LogP contribution in [-0.4, -0.2) is 68.7 Å². The molecule has 3 aromatic rings. The van der Waals surface area contributed by atoms with Crippen molar-refractivity contribution in [3.8, 4) is 17.1 Å². The molecule has 0 atom stereocenters. The topological polar surface area (TPSA) is 109 Å². The molecule has 0 bridgehead atoms. The summed E-state index contributed by atoms with van der Waals surface area (Å²) in [5.74, 6) is -1.17. The highest BCUT2D eigenvalue weighted by Gasteiger charge is 2.38. The van der Waals surface area contributed by atoms with Gasteiger partial charge in [0.2, 0.25) is 0 Å². The predicted molar refractivity (Wildman–Crippen MR) is 106 cm³/mol. The van der Waals surface area contributed by atoms with E-state index in [1.807, 2.05) is 29.1 Å². The smallest absolute Gasteiger partial charge is 0.475 e. The van der Waals surface area contributed by atoms with Crippen LogP contribution in [0.3, 0.4) is 0 Å². The number of carboxylic acid groups (broad SMARTS) is 1. The molecule has 4 heterocycles. The number of hydrogen-bond donors (Lipinski definition) is 2. The minimum absolute atomic E-state index is 0.698. The largest absolute Gasteiger partial charge is 0.490 e. The molecule has 1 fully saturated rings. The lowest BCUT2D eigenvalue weighted by molar-refractivity contribution is -0.192. The summed E-state index contributed by atoms with van der Waals surface area (Å²) in [5, 5.41) is 14.8. The fourth-order valence-corrected chi connectivity index (χ4v) is 2.79. The van der Waals surface area contributed by atoms with Crippen molar-refractivity contribution in [2.45, 2.75) is 6.18 Å². The molecule has 0 amide bonds. The van der Waals surface area contributed by atoms with Crippen LogP contribution in [-0.2, 0) is 4.79 Å². The number of aliphatic carboxylic acids is 1. The van der Waals surface area contributed by atoms with Gasteiger partial charge in [0.05, 0.1) is 36.2 Å². The van der Waals surface area contributed by atoms with Crippen LogP contribution in [0.25, 0.3) is 17.1 Å². The van der Waals surface area contributed by atoms with Gasteiger partial charge in [-0.2, -0.15) is 18.3 Å². The maximum absolute atomic E-state index is 10.6. The van der Waals surface area contributed by atoms with Gasteiger partial charge in [-0.05, 0) is 18.2 Å². The summed E-state index contributed by atoms with van der Waals surface area (Å²) in [6.07, 6.45) is 3.82. The summed E-state index contributed by atoms with van der Waals surface area (Å²) in [6.45, 7) is 3.16. The van der Waals surface area contributed by atoms with Gasteiger partial charge in [-0.1, -0.05) is 0 Å². The third kappa shape index (κ3) is 5.75. The van der Waals surface area contributed by atoms with E-state index in [0.29, 0.717) is 5.92 Å². The van der Waals surface area contributed by atoms with E-state index < -0.39 is 12.1 Å². The Hall–Kier alpha value is -3.54. The number of carboxylic acids is 1. The maximum Gasteiger partial charge on any atom is 0.490 e. The van der Waals surface area contributed by atoms with Gasteiger partial charge in [-0.3, -0.25) is 4.98 Å². The number of pyridine rings is 1. The number of carbonyl (C=O) groups is 1. The first-order valence-electron chi connectivity index (χ1n) is 9.24. The van der Waals surface area contributed by atoms with Gasteiger partial charge in [0.1, 0.15) is 11.5 Å². The van der Waals surface area contributed by atoms with E-state index in [9.17, 15) is 13.2 Å². The monoisotopic (exact) mass is 435 g/mol. The van der Waals surface area contributed by atoms with Crippen LogP contribution >= 0.6 is 0 Å². The molecule has 0 saturated carbocycles. The van der Waals surface area contributed by atoms with Gasteiger partial charge in [0, 0.05) is 38.8 Å². The Morgan fingerprint density at radius 2 is 1.97 bits per heavy atom. The van der Waals surface area contributed by atoms with Crippen molar-refractivity contribution in [3.05, 3.63) is 49.2 Å². The second-order valence-electron chi connectivity index (χ2n) is 6.81. The third-order valence-electron chi connectivity index (χ3n) is 4.47. The molecule has 1 saturated heterocycles. The van der Waals surface area contributed by atoms with Crippen molar-refractivity contribution in [1.29, 1.82) is 0 Å². The molecule has 31 heavy (non-hydrogen) atoms. The Morgan fingerprint density at radius 1 is 1.23 bits per heavy atom. The Labute approximate surface area is 175 Å². The Bertz CT molecular complexity index is 990. The van der Waals surface area contributed by atoms with Crippen molar-refractivity contribution in [2.75, 3.05) is 31.6 Å². The Balaban J connectivity index is 0.000000339. The van der Waals surface area contributed by atoms with Gasteiger partial charge < -0.3 is 15.3 Å². The number of aromatic nitrogens is 5. The van der Waals surface area contributed by atoms with Crippen LogP contribution in [0.1, 0.15) is 0 Å². The zero-order chi connectivity index (χ0) is 22.4. The second-order valence-corrected chi connectivity index (χ2v) is 6.81. The van der Waals surface area contributed by atoms with Crippen molar-refractivity contribution < 1.29 is 23.1 Å². The molecule has 9 nitrogen and oxygen atoms in total. The third-order valence-corrected chi connectivity index (χ3v) is 4.47. The quantitative estimate of drug-likeness (QED) is 0.627. The van der Waals surface area contributed by atoms with Gasteiger partial charge in [0.25, 0.3) is 0 Å². The van der Waals surface area contributed by atoms with E-state index in [4.69, 9.17) is 9.90 Å².